The van der Waals surface area contributed by atoms with Crippen LogP contribution in [0.25, 0.3) is 0 Å². The summed E-state index contributed by atoms with van der Waals surface area (Å²) >= 11 is 0. The highest BCUT2D eigenvalue weighted by molar-refractivity contribution is 5.86. The Morgan fingerprint density at radius 2 is 2.17 bits per heavy atom. The molecule has 0 aromatic carbocycles. The molecule has 0 N–H and O–H groups in total. The molecule has 0 radical (unpaired) electrons. The third-order valence-corrected chi connectivity index (χ3v) is 3.06. The van der Waals surface area contributed by atoms with Crippen LogP contribution in [0.5, 0.6) is 0 Å². The summed E-state index contributed by atoms with van der Waals surface area (Å²) in [5.41, 5.74) is 0. The van der Waals surface area contributed by atoms with Gasteiger partial charge in [-0.05, 0) is 12.1 Å². The van der Waals surface area contributed by atoms with E-state index < -0.39 is 11.8 Å². The fraction of sp³-hybridized carbons (Fsp3) is 0.615. The zero-order valence-electron chi connectivity index (χ0n) is 10.7. The van der Waals surface area contributed by atoms with Gasteiger partial charge in [0.1, 0.15) is 0 Å². The molecule has 2 rings (SSSR count). The summed E-state index contributed by atoms with van der Waals surface area (Å²) < 4.78 is 21.4. The highest BCUT2D eigenvalue weighted by Crippen LogP contribution is 2.31. The zero-order chi connectivity index (χ0) is 13.0. The van der Waals surface area contributed by atoms with E-state index >= 15 is 0 Å². The number of rotatable bonds is 5. The molecule has 0 atom stereocenters. The van der Waals surface area contributed by atoms with Crippen LogP contribution in [-0.2, 0) is 14.2 Å². The van der Waals surface area contributed by atoms with Gasteiger partial charge in [0.2, 0.25) is 5.76 Å². The first-order valence-corrected chi connectivity index (χ1v) is 6.12. The molecule has 0 unspecified atom stereocenters. The van der Waals surface area contributed by atoms with Crippen LogP contribution in [-0.4, -0.2) is 31.6 Å². The highest BCUT2D eigenvalue weighted by Gasteiger charge is 2.39. The average Bonchev–Trinajstić information content (AvgIpc) is 3.00. The molecule has 18 heavy (non-hydrogen) atoms. The average molecular weight is 254 g/mol. The molecule has 1 aliphatic heterocycles. The van der Waals surface area contributed by atoms with Crippen LogP contribution < -0.4 is 0 Å². The molecule has 0 saturated carbocycles. The maximum atomic E-state index is 11.6. The molecule has 0 amide bonds. The van der Waals surface area contributed by atoms with Crippen molar-refractivity contribution < 1.29 is 23.4 Å². The van der Waals surface area contributed by atoms with Gasteiger partial charge in [0.15, 0.2) is 5.79 Å². The first-order valence-electron chi connectivity index (χ1n) is 6.12. The van der Waals surface area contributed by atoms with Gasteiger partial charge < -0.3 is 18.6 Å². The summed E-state index contributed by atoms with van der Waals surface area (Å²) in [6.45, 7) is 5.48. The number of carbonyl (C=O) groups excluding carboxylic acids is 1. The van der Waals surface area contributed by atoms with Crippen molar-refractivity contribution in [3.8, 4) is 0 Å². The van der Waals surface area contributed by atoms with E-state index in [1.165, 1.54) is 6.26 Å². The largest absolute Gasteiger partial charge is 0.460 e. The normalized spacial score (nSPS) is 18.2. The summed E-state index contributed by atoms with van der Waals surface area (Å²) in [7, 11) is 0. The summed E-state index contributed by atoms with van der Waals surface area (Å²) in [6, 6.07) is 3.22. The molecule has 0 bridgehead atoms. The van der Waals surface area contributed by atoms with Gasteiger partial charge in [-0.3, -0.25) is 0 Å². The topological polar surface area (TPSA) is 57.9 Å². The first kappa shape index (κ1) is 13.1. The van der Waals surface area contributed by atoms with Crippen LogP contribution in [0.15, 0.2) is 22.8 Å². The van der Waals surface area contributed by atoms with E-state index in [0.717, 1.165) is 0 Å². The lowest BCUT2D eigenvalue weighted by Gasteiger charge is -2.31. The smallest absolute Gasteiger partial charge is 0.374 e. The van der Waals surface area contributed by atoms with Crippen molar-refractivity contribution >= 4 is 5.97 Å². The number of carbonyl (C=O) groups is 1. The first-order chi connectivity index (χ1) is 8.64. The lowest BCUT2D eigenvalue weighted by molar-refractivity contribution is -0.196. The maximum absolute atomic E-state index is 11.6. The second-order valence-corrected chi connectivity index (χ2v) is 4.53. The van der Waals surface area contributed by atoms with E-state index in [1.54, 1.807) is 12.1 Å². The van der Waals surface area contributed by atoms with E-state index in [9.17, 15) is 4.79 Å². The second-order valence-electron chi connectivity index (χ2n) is 4.53. The lowest BCUT2D eigenvalue weighted by Crippen LogP contribution is -2.37. The van der Waals surface area contributed by atoms with Crippen molar-refractivity contribution in [2.24, 2.45) is 5.92 Å². The Hall–Kier alpha value is -1.33. The predicted molar refractivity (Wildman–Crippen MR) is 63.1 cm³/mol. The van der Waals surface area contributed by atoms with E-state index in [0.29, 0.717) is 19.6 Å². The molecular weight excluding hydrogens is 236 g/mol. The quantitative estimate of drug-likeness (QED) is 0.754. The summed E-state index contributed by atoms with van der Waals surface area (Å²) in [4.78, 5) is 11.6. The Bertz CT molecular complexity index is 376. The van der Waals surface area contributed by atoms with Crippen molar-refractivity contribution in [3.63, 3.8) is 0 Å². The van der Waals surface area contributed by atoms with Gasteiger partial charge in [0.25, 0.3) is 0 Å². The third-order valence-electron chi connectivity index (χ3n) is 3.06. The van der Waals surface area contributed by atoms with E-state index in [4.69, 9.17) is 18.6 Å². The molecule has 0 spiro atoms. The van der Waals surface area contributed by atoms with Gasteiger partial charge in [-0.1, -0.05) is 13.8 Å². The third kappa shape index (κ3) is 2.73. The minimum atomic E-state index is -0.622. The van der Waals surface area contributed by atoms with Gasteiger partial charge in [-0.15, -0.1) is 0 Å². The Labute approximate surface area is 106 Å². The maximum Gasteiger partial charge on any atom is 0.374 e. The van der Waals surface area contributed by atoms with Gasteiger partial charge in [0, 0.05) is 12.3 Å². The standard InChI is InChI=1S/C13H18O5/c1-10(2)13(17-8-9-18-13)5-7-16-12(14)11-4-3-6-15-11/h3-4,6,10H,5,7-9H2,1-2H3. The number of hydrogen-bond donors (Lipinski definition) is 0. The molecular formula is C13H18O5. The minimum absolute atomic E-state index is 0.210. The molecule has 5 nitrogen and oxygen atoms in total. The van der Waals surface area contributed by atoms with Crippen LogP contribution in [0.2, 0.25) is 0 Å². The van der Waals surface area contributed by atoms with E-state index in [1.807, 2.05) is 13.8 Å². The molecule has 1 saturated heterocycles. The minimum Gasteiger partial charge on any atom is -0.460 e. The van der Waals surface area contributed by atoms with Crippen molar-refractivity contribution in [2.45, 2.75) is 26.1 Å². The van der Waals surface area contributed by atoms with Crippen LogP contribution in [0, 0.1) is 5.92 Å². The van der Waals surface area contributed by atoms with Crippen molar-refractivity contribution in [1.82, 2.24) is 0 Å². The number of furan rings is 1. The Morgan fingerprint density at radius 3 is 2.72 bits per heavy atom. The summed E-state index contributed by atoms with van der Waals surface area (Å²) in [5.74, 6) is -0.662. The van der Waals surface area contributed by atoms with Gasteiger partial charge >= 0.3 is 5.97 Å². The predicted octanol–water partition coefficient (Wildman–Crippen LogP) is 2.23. The van der Waals surface area contributed by atoms with Gasteiger partial charge in [-0.25, -0.2) is 4.79 Å². The number of ether oxygens (including phenoxy) is 3. The molecule has 0 aliphatic carbocycles. The molecule has 5 heteroatoms. The van der Waals surface area contributed by atoms with Gasteiger partial charge in [-0.2, -0.15) is 0 Å². The summed E-state index contributed by atoms with van der Waals surface area (Å²) in [6.07, 6.45) is 1.96. The van der Waals surface area contributed by atoms with Crippen LogP contribution in [0.1, 0.15) is 30.8 Å². The summed E-state index contributed by atoms with van der Waals surface area (Å²) in [5, 5.41) is 0. The SMILES string of the molecule is CC(C)C1(CCOC(=O)c2ccco2)OCCO1. The monoisotopic (exact) mass is 254 g/mol. The Morgan fingerprint density at radius 1 is 1.44 bits per heavy atom. The van der Waals surface area contributed by atoms with Crippen molar-refractivity contribution in [2.75, 3.05) is 19.8 Å². The zero-order valence-corrected chi connectivity index (χ0v) is 10.7. The molecule has 1 fully saturated rings. The Balaban J connectivity index is 1.82. The van der Waals surface area contributed by atoms with Crippen LogP contribution in [0.4, 0.5) is 0 Å². The molecule has 2 heterocycles. The fourth-order valence-corrected chi connectivity index (χ4v) is 1.99. The highest BCUT2D eigenvalue weighted by atomic mass is 16.7. The van der Waals surface area contributed by atoms with E-state index in [-0.39, 0.29) is 18.3 Å². The number of esters is 1. The van der Waals surface area contributed by atoms with E-state index in [2.05, 4.69) is 0 Å². The number of hydrogen-bond acceptors (Lipinski definition) is 5. The van der Waals surface area contributed by atoms with Crippen molar-refractivity contribution in [3.05, 3.63) is 24.2 Å². The van der Waals surface area contributed by atoms with Crippen LogP contribution in [0.3, 0.4) is 0 Å². The fourth-order valence-electron chi connectivity index (χ4n) is 1.99. The van der Waals surface area contributed by atoms with Gasteiger partial charge in [0.05, 0.1) is 26.1 Å². The van der Waals surface area contributed by atoms with Crippen LogP contribution >= 0.6 is 0 Å². The molecule has 1 aromatic heterocycles. The molecule has 1 aliphatic rings. The van der Waals surface area contributed by atoms with Crippen molar-refractivity contribution in [1.29, 1.82) is 0 Å². The molecule has 1 aromatic rings. The second kappa shape index (κ2) is 5.54. The molecule has 100 valence electrons. The Kier molecular flexibility index (Phi) is 4.04. The lowest BCUT2D eigenvalue weighted by atomic mass is 10.00.